The molecule has 1 aromatic heterocycles. The van der Waals surface area contributed by atoms with Crippen molar-refractivity contribution < 1.29 is 4.79 Å². The third kappa shape index (κ3) is 2.67. The van der Waals surface area contributed by atoms with Gasteiger partial charge in [-0.25, -0.2) is 9.59 Å². The molecule has 0 atom stereocenters. The molecule has 7 heteroatoms. The number of amides is 1. The van der Waals surface area contributed by atoms with Gasteiger partial charge < -0.3 is 4.90 Å². The van der Waals surface area contributed by atoms with Crippen molar-refractivity contribution in [1.29, 1.82) is 0 Å². The summed E-state index contributed by atoms with van der Waals surface area (Å²) in [4.78, 5) is 26.5. The molecule has 0 bridgehead atoms. The topological polar surface area (TPSA) is 73.0 Å². The van der Waals surface area contributed by atoms with E-state index in [4.69, 9.17) is 0 Å². The number of benzene rings is 1. The van der Waals surface area contributed by atoms with E-state index in [2.05, 4.69) is 16.5 Å². The molecule has 1 heterocycles. The first-order valence-corrected chi connectivity index (χ1v) is 8.12. The average molecular weight is 315 g/mol. The van der Waals surface area contributed by atoms with Gasteiger partial charge >= 0.3 is 11.7 Å². The monoisotopic (exact) mass is 315 g/mol. The summed E-state index contributed by atoms with van der Waals surface area (Å²) in [7, 11) is 0. The highest BCUT2D eigenvalue weighted by atomic mass is 16.2. The number of carbonyl (C=O) groups is 1. The van der Waals surface area contributed by atoms with Crippen molar-refractivity contribution in [3.05, 3.63) is 39.8 Å². The van der Waals surface area contributed by atoms with E-state index in [0.29, 0.717) is 13.1 Å². The van der Waals surface area contributed by atoms with Crippen molar-refractivity contribution in [3.63, 3.8) is 0 Å². The summed E-state index contributed by atoms with van der Waals surface area (Å²) >= 11 is 0. The van der Waals surface area contributed by atoms with Crippen LogP contribution in [0.1, 0.15) is 37.8 Å². The summed E-state index contributed by atoms with van der Waals surface area (Å²) in [5.41, 5.74) is 2.63. The van der Waals surface area contributed by atoms with Gasteiger partial charge in [0.1, 0.15) is 0 Å². The highest BCUT2D eigenvalue weighted by Crippen LogP contribution is 2.25. The van der Waals surface area contributed by atoms with Crippen molar-refractivity contribution in [3.8, 4) is 5.69 Å². The van der Waals surface area contributed by atoms with Gasteiger partial charge in [-0.1, -0.05) is 12.1 Å². The molecule has 0 N–H and O–H groups in total. The minimum atomic E-state index is -0.513. The molecule has 1 amide bonds. The number of carbonyl (C=O) groups excluding carboxylic acids is 1. The summed E-state index contributed by atoms with van der Waals surface area (Å²) in [6.07, 6.45) is 4.21. The summed E-state index contributed by atoms with van der Waals surface area (Å²) in [6.45, 7) is 4.78. The number of aryl methyl sites for hydroxylation is 1. The first-order chi connectivity index (χ1) is 11.2. The minimum Gasteiger partial charge on any atom is -0.323 e. The van der Waals surface area contributed by atoms with E-state index in [-0.39, 0.29) is 0 Å². The lowest BCUT2D eigenvalue weighted by Gasteiger charge is -2.18. The Hall–Kier alpha value is -2.44. The van der Waals surface area contributed by atoms with Gasteiger partial charge in [-0.2, -0.15) is 4.68 Å². The largest absolute Gasteiger partial charge is 0.377 e. The molecule has 122 valence electrons. The maximum Gasteiger partial charge on any atom is 0.377 e. The molecule has 7 nitrogen and oxygen atoms in total. The molecule has 2 aromatic rings. The van der Waals surface area contributed by atoms with E-state index in [1.54, 1.807) is 4.90 Å². The molecule has 3 rings (SSSR count). The van der Waals surface area contributed by atoms with Gasteiger partial charge in [-0.3, -0.25) is 0 Å². The Morgan fingerprint density at radius 1 is 1.17 bits per heavy atom. The first-order valence-electron chi connectivity index (χ1n) is 8.12. The zero-order chi connectivity index (χ0) is 16.4. The number of fused-ring (bicyclic) bond motifs is 1. The van der Waals surface area contributed by atoms with Crippen molar-refractivity contribution >= 4 is 6.03 Å². The first kappa shape index (κ1) is 15.5. The third-order valence-electron chi connectivity index (χ3n) is 4.40. The van der Waals surface area contributed by atoms with Crippen LogP contribution in [-0.4, -0.2) is 43.8 Å². The maximum absolute atomic E-state index is 12.6. The Bertz CT molecular complexity index is 773. The summed E-state index contributed by atoms with van der Waals surface area (Å²) in [5.74, 6) is 0. The molecule has 23 heavy (non-hydrogen) atoms. The lowest BCUT2D eigenvalue weighted by molar-refractivity contribution is 0.200. The predicted molar refractivity (Wildman–Crippen MR) is 86.0 cm³/mol. The normalized spacial score (nSPS) is 13.7. The van der Waals surface area contributed by atoms with Crippen LogP contribution in [0.3, 0.4) is 0 Å². The second-order valence-electron chi connectivity index (χ2n) is 5.66. The molecular formula is C16H21N5O2. The predicted octanol–water partition coefficient (Wildman–Crippen LogP) is 1.62. The fraction of sp³-hybridized carbons (Fsp3) is 0.500. The fourth-order valence-corrected chi connectivity index (χ4v) is 3.11. The Morgan fingerprint density at radius 2 is 1.91 bits per heavy atom. The van der Waals surface area contributed by atoms with E-state index in [9.17, 15) is 9.59 Å². The molecular weight excluding hydrogens is 294 g/mol. The number of rotatable bonds is 3. The lowest BCUT2D eigenvalue weighted by atomic mass is 9.90. The van der Waals surface area contributed by atoms with Gasteiger partial charge in [0.15, 0.2) is 0 Å². The average Bonchev–Trinajstić information content (AvgIpc) is 2.96. The second-order valence-corrected chi connectivity index (χ2v) is 5.66. The van der Waals surface area contributed by atoms with Crippen LogP contribution in [0.5, 0.6) is 0 Å². The van der Waals surface area contributed by atoms with Crippen LogP contribution in [0.2, 0.25) is 0 Å². The zero-order valence-corrected chi connectivity index (χ0v) is 13.5. The van der Waals surface area contributed by atoms with E-state index in [1.807, 2.05) is 26.0 Å². The van der Waals surface area contributed by atoms with Gasteiger partial charge in [-0.05, 0) is 67.2 Å². The summed E-state index contributed by atoms with van der Waals surface area (Å²) in [6, 6.07) is 5.45. The Kier molecular flexibility index (Phi) is 4.27. The van der Waals surface area contributed by atoms with E-state index in [0.717, 1.165) is 35.2 Å². The van der Waals surface area contributed by atoms with Crippen molar-refractivity contribution in [2.24, 2.45) is 0 Å². The molecule has 1 aromatic carbocycles. The van der Waals surface area contributed by atoms with Crippen molar-refractivity contribution in [2.45, 2.75) is 39.5 Å². The van der Waals surface area contributed by atoms with Crippen LogP contribution in [-0.2, 0) is 12.8 Å². The molecule has 0 unspecified atom stereocenters. The van der Waals surface area contributed by atoms with Gasteiger partial charge in [0, 0.05) is 13.1 Å². The lowest BCUT2D eigenvalue weighted by Crippen LogP contribution is -2.40. The number of tetrazole rings is 1. The van der Waals surface area contributed by atoms with Crippen molar-refractivity contribution in [2.75, 3.05) is 13.1 Å². The van der Waals surface area contributed by atoms with Crippen LogP contribution < -0.4 is 5.69 Å². The van der Waals surface area contributed by atoms with Crippen LogP contribution in [0.4, 0.5) is 4.79 Å². The van der Waals surface area contributed by atoms with Gasteiger partial charge in [0.05, 0.1) is 5.69 Å². The number of aromatic nitrogens is 4. The molecule has 1 aliphatic carbocycles. The van der Waals surface area contributed by atoms with Crippen LogP contribution in [0.25, 0.3) is 5.69 Å². The molecule has 0 radical (unpaired) electrons. The Morgan fingerprint density at radius 3 is 2.65 bits per heavy atom. The number of hydrogen-bond donors (Lipinski definition) is 0. The van der Waals surface area contributed by atoms with Gasteiger partial charge in [0.25, 0.3) is 0 Å². The van der Waals surface area contributed by atoms with E-state index >= 15 is 0 Å². The quantitative estimate of drug-likeness (QED) is 0.807. The van der Waals surface area contributed by atoms with E-state index < -0.39 is 11.7 Å². The van der Waals surface area contributed by atoms with Gasteiger partial charge in [0.2, 0.25) is 0 Å². The highest BCUT2D eigenvalue weighted by molar-refractivity contribution is 5.75. The van der Waals surface area contributed by atoms with E-state index in [1.165, 1.54) is 16.7 Å². The molecule has 0 saturated heterocycles. The smallest absolute Gasteiger partial charge is 0.323 e. The SMILES string of the molecule is CCN(CC)C(=O)n1nnn(-c2cccc3c2CCCC3)c1=O. The summed E-state index contributed by atoms with van der Waals surface area (Å²) < 4.78 is 2.08. The van der Waals surface area contributed by atoms with Gasteiger partial charge in [-0.15, -0.1) is 4.68 Å². The Balaban J connectivity index is 2.04. The summed E-state index contributed by atoms with van der Waals surface area (Å²) in [5, 5.41) is 7.72. The van der Waals surface area contributed by atoms with Crippen LogP contribution in [0.15, 0.2) is 23.0 Å². The number of hydrogen-bond acceptors (Lipinski definition) is 4. The molecule has 1 aliphatic rings. The molecule has 0 saturated carbocycles. The van der Waals surface area contributed by atoms with Crippen LogP contribution in [0, 0.1) is 0 Å². The third-order valence-corrected chi connectivity index (χ3v) is 4.40. The maximum atomic E-state index is 12.6. The number of nitrogens with zero attached hydrogens (tertiary/aromatic N) is 5. The fourth-order valence-electron chi connectivity index (χ4n) is 3.11. The second kappa shape index (κ2) is 6.36. The molecule has 0 fully saturated rings. The van der Waals surface area contributed by atoms with Crippen molar-refractivity contribution in [1.82, 2.24) is 24.7 Å². The Labute approximate surface area is 134 Å². The highest BCUT2D eigenvalue weighted by Gasteiger charge is 2.22. The molecule has 0 spiro atoms. The minimum absolute atomic E-state index is 0.434. The standard InChI is InChI=1S/C16H21N5O2/c1-3-19(4-2)15(22)21-16(23)20(17-18-21)14-11-7-9-12-8-5-6-10-13(12)14/h7,9,11H,3-6,8,10H2,1-2H3. The van der Waals surface area contributed by atoms with Crippen LogP contribution >= 0.6 is 0 Å². The zero-order valence-electron chi connectivity index (χ0n) is 13.5. The molecule has 0 aliphatic heterocycles.